The summed E-state index contributed by atoms with van der Waals surface area (Å²) in [5.74, 6) is 0.486. The van der Waals surface area contributed by atoms with E-state index in [1.807, 2.05) is 49.6 Å². The first-order valence-corrected chi connectivity index (χ1v) is 12.4. The van der Waals surface area contributed by atoms with Crippen LogP contribution in [0.3, 0.4) is 0 Å². The summed E-state index contributed by atoms with van der Waals surface area (Å²) in [6.45, 7) is 4.60. The average Bonchev–Trinajstić information content (AvgIpc) is 3.32. The number of likely N-dealkylation sites (tertiary alicyclic amines) is 1. The van der Waals surface area contributed by atoms with Crippen LogP contribution in [0.4, 0.5) is 0 Å². The fourth-order valence-electron chi connectivity index (χ4n) is 4.04. The molecular weight excluding hydrogens is 406 g/mol. The van der Waals surface area contributed by atoms with Crippen LogP contribution in [0.25, 0.3) is 0 Å². The number of amides is 2. The lowest BCUT2D eigenvalue weighted by Crippen LogP contribution is -2.49. The van der Waals surface area contributed by atoms with Gasteiger partial charge in [0.15, 0.2) is 0 Å². The average molecular weight is 440 g/mol. The molecule has 5 nitrogen and oxygen atoms in total. The quantitative estimate of drug-likeness (QED) is 0.591. The number of hydrogen-bond donors (Lipinski definition) is 2. The summed E-state index contributed by atoms with van der Waals surface area (Å²) < 4.78 is 0. The second-order valence-electron chi connectivity index (χ2n) is 8.09. The van der Waals surface area contributed by atoms with Crippen LogP contribution in [-0.2, 0) is 4.79 Å². The third kappa shape index (κ3) is 6.84. The van der Waals surface area contributed by atoms with Gasteiger partial charge in [0.2, 0.25) is 5.91 Å². The predicted molar refractivity (Wildman–Crippen MR) is 128 cm³/mol. The van der Waals surface area contributed by atoms with Gasteiger partial charge in [-0.2, -0.15) is 11.8 Å². The van der Waals surface area contributed by atoms with Crippen LogP contribution in [0, 0.1) is 6.92 Å². The summed E-state index contributed by atoms with van der Waals surface area (Å²) in [6.07, 6.45) is 5.00. The Morgan fingerprint density at radius 1 is 1.06 bits per heavy atom. The summed E-state index contributed by atoms with van der Waals surface area (Å²) in [5.41, 5.74) is 2.82. The molecule has 2 amide bonds. The number of carbonyl (C=O) groups is 2. The van der Waals surface area contributed by atoms with Crippen molar-refractivity contribution in [1.82, 2.24) is 15.5 Å². The fraction of sp³-hybridized carbons (Fsp3) is 0.440. The molecule has 1 aliphatic rings. The molecule has 2 atom stereocenters. The molecule has 0 radical (unpaired) electrons. The molecule has 2 N–H and O–H groups in total. The molecule has 1 aliphatic heterocycles. The van der Waals surface area contributed by atoms with Gasteiger partial charge in [0.25, 0.3) is 5.91 Å². The molecule has 2 aromatic rings. The van der Waals surface area contributed by atoms with Crippen LogP contribution >= 0.6 is 11.8 Å². The first-order chi connectivity index (χ1) is 15.1. The maximum Gasteiger partial charge on any atom is 0.251 e. The summed E-state index contributed by atoms with van der Waals surface area (Å²) in [5, 5.41) is 6.08. The van der Waals surface area contributed by atoms with Crippen LogP contribution in [0.1, 0.15) is 46.8 Å². The number of nitrogens with zero attached hydrogens (tertiary/aromatic N) is 1. The minimum atomic E-state index is -0.546. The van der Waals surface area contributed by atoms with Gasteiger partial charge in [0.05, 0.1) is 6.04 Å². The Morgan fingerprint density at radius 2 is 1.81 bits per heavy atom. The summed E-state index contributed by atoms with van der Waals surface area (Å²) in [4.78, 5) is 28.3. The smallest absolute Gasteiger partial charge is 0.251 e. The Hall–Kier alpha value is -2.31. The SMILES string of the molecule is CSCCC(NC(=O)c1cccc(C)c1)C(=O)NCC(c1ccccc1)N1CCCC1. The minimum absolute atomic E-state index is 0.116. The Bertz CT molecular complexity index is 853. The molecule has 3 rings (SSSR count). The largest absolute Gasteiger partial charge is 0.352 e. The first kappa shape index (κ1) is 23.4. The molecule has 1 heterocycles. The zero-order chi connectivity index (χ0) is 22.1. The van der Waals surface area contributed by atoms with Crippen LogP contribution in [0.2, 0.25) is 0 Å². The molecule has 1 fully saturated rings. The van der Waals surface area contributed by atoms with Crippen molar-refractivity contribution >= 4 is 23.6 Å². The lowest BCUT2D eigenvalue weighted by molar-refractivity contribution is -0.123. The van der Waals surface area contributed by atoms with Gasteiger partial charge in [-0.15, -0.1) is 0 Å². The van der Waals surface area contributed by atoms with Crippen molar-refractivity contribution in [3.05, 3.63) is 71.3 Å². The highest BCUT2D eigenvalue weighted by atomic mass is 32.2. The second kappa shape index (κ2) is 11.9. The van der Waals surface area contributed by atoms with Crippen molar-refractivity contribution in [3.63, 3.8) is 0 Å². The summed E-state index contributed by atoms with van der Waals surface area (Å²) in [6, 6.07) is 17.4. The molecule has 2 aromatic carbocycles. The van der Waals surface area contributed by atoms with Gasteiger partial charge in [0, 0.05) is 12.1 Å². The highest BCUT2D eigenvalue weighted by Gasteiger charge is 2.26. The number of hydrogen-bond acceptors (Lipinski definition) is 4. The molecule has 0 aromatic heterocycles. The number of benzene rings is 2. The molecule has 1 saturated heterocycles. The van der Waals surface area contributed by atoms with Gasteiger partial charge in [-0.05, 0) is 69.0 Å². The zero-order valence-electron chi connectivity index (χ0n) is 18.5. The highest BCUT2D eigenvalue weighted by Crippen LogP contribution is 2.24. The number of carbonyl (C=O) groups excluding carboxylic acids is 2. The zero-order valence-corrected chi connectivity index (χ0v) is 19.3. The molecule has 6 heteroatoms. The summed E-state index contributed by atoms with van der Waals surface area (Å²) in [7, 11) is 0. The lowest BCUT2D eigenvalue weighted by atomic mass is 10.1. The van der Waals surface area contributed by atoms with Crippen molar-refractivity contribution < 1.29 is 9.59 Å². The topological polar surface area (TPSA) is 61.4 Å². The molecule has 166 valence electrons. The molecule has 0 spiro atoms. The van der Waals surface area contributed by atoms with Crippen molar-refractivity contribution in [2.45, 2.75) is 38.3 Å². The van der Waals surface area contributed by atoms with Gasteiger partial charge >= 0.3 is 0 Å². The van der Waals surface area contributed by atoms with E-state index in [4.69, 9.17) is 0 Å². The molecule has 31 heavy (non-hydrogen) atoms. The Kier molecular flexibility index (Phi) is 8.98. The van der Waals surface area contributed by atoms with Crippen molar-refractivity contribution in [2.24, 2.45) is 0 Å². The minimum Gasteiger partial charge on any atom is -0.352 e. The predicted octanol–water partition coefficient (Wildman–Crippen LogP) is 3.80. The van der Waals surface area contributed by atoms with Crippen molar-refractivity contribution in [1.29, 1.82) is 0 Å². The second-order valence-corrected chi connectivity index (χ2v) is 9.08. The van der Waals surface area contributed by atoms with Gasteiger partial charge in [-0.25, -0.2) is 0 Å². The number of nitrogens with one attached hydrogen (secondary N) is 2. The third-order valence-corrected chi connectivity index (χ3v) is 6.39. The van der Waals surface area contributed by atoms with E-state index in [9.17, 15) is 9.59 Å². The van der Waals surface area contributed by atoms with E-state index in [1.165, 1.54) is 18.4 Å². The van der Waals surface area contributed by atoms with Gasteiger partial charge in [-0.1, -0.05) is 48.0 Å². The Morgan fingerprint density at radius 3 is 2.48 bits per heavy atom. The van der Waals surface area contributed by atoms with Crippen LogP contribution < -0.4 is 10.6 Å². The van der Waals surface area contributed by atoms with E-state index in [0.717, 1.165) is 24.4 Å². The summed E-state index contributed by atoms with van der Waals surface area (Å²) >= 11 is 1.67. The Balaban J connectivity index is 1.66. The van der Waals surface area contributed by atoms with Crippen LogP contribution in [0.15, 0.2) is 54.6 Å². The van der Waals surface area contributed by atoms with E-state index in [1.54, 1.807) is 17.8 Å². The van der Waals surface area contributed by atoms with Crippen LogP contribution in [0.5, 0.6) is 0 Å². The van der Waals surface area contributed by atoms with E-state index >= 15 is 0 Å². The van der Waals surface area contributed by atoms with Crippen molar-refractivity contribution in [2.75, 3.05) is 31.6 Å². The normalized spacial score (nSPS) is 15.9. The molecular formula is C25H33N3O2S. The maximum absolute atomic E-state index is 13.1. The fourth-order valence-corrected chi connectivity index (χ4v) is 4.51. The van der Waals surface area contributed by atoms with E-state index in [0.29, 0.717) is 18.5 Å². The molecule has 0 aliphatic carbocycles. The Labute approximate surface area is 190 Å². The maximum atomic E-state index is 13.1. The number of thioether (sulfide) groups is 1. The van der Waals surface area contributed by atoms with Crippen molar-refractivity contribution in [3.8, 4) is 0 Å². The van der Waals surface area contributed by atoms with E-state index in [2.05, 4.69) is 27.7 Å². The van der Waals surface area contributed by atoms with Gasteiger partial charge in [0.1, 0.15) is 6.04 Å². The first-order valence-electron chi connectivity index (χ1n) is 11.0. The lowest BCUT2D eigenvalue weighted by Gasteiger charge is -2.29. The van der Waals surface area contributed by atoms with E-state index < -0.39 is 6.04 Å². The monoisotopic (exact) mass is 439 g/mol. The number of aryl methyl sites for hydroxylation is 1. The molecule has 2 unspecified atom stereocenters. The van der Waals surface area contributed by atoms with Crippen LogP contribution in [-0.4, -0.2) is 54.4 Å². The highest BCUT2D eigenvalue weighted by molar-refractivity contribution is 7.98. The standard InChI is InChI=1S/C25H33N3O2S/c1-19-9-8-12-21(17-19)24(29)27-22(13-16-31-2)25(30)26-18-23(28-14-6-7-15-28)20-10-4-3-5-11-20/h3-5,8-12,17,22-23H,6-7,13-16,18H2,1-2H3,(H,26,30)(H,27,29). The molecule has 0 bridgehead atoms. The van der Waals surface area contributed by atoms with E-state index in [-0.39, 0.29) is 17.9 Å². The molecule has 0 saturated carbocycles. The number of rotatable bonds is 10. The van der Waals surface area contributed by atoms with Gasteiger partial charge < -0.3 is 10.6 Å². The third-order valence-electron chi connectivity index (χ3n) is 5.75. The van der Waals surface area contributed by atoms with Gasteiger partial charge in [-0.3, -0.25) is 14.5 Å².